The molecule has 128 valence electrons. The Balaban J connectivity index is 1.73. The molecule has 6 heteroatoms. The van der Waals surface area contributed by atoms with Crippen molar-refractivity contribution in [3.8, 4) is 5.75 Å². The molecule has 2 aliphatic rings. The van der Waals surface area contributed by atoms with Gasteiger partial charge in [-0.2, -0.15) is 0 Å². The fourth-order valence-electron chi connectivity index (χ4n) is 3.31. The molecule has 1 aromatic rings. The van der Waals surface area contributed by atoms with Crippen molar-refractivity contribution in [1.82, 2.24) is 9.80 Å². The summed E-state index contributed by atoms with van der Waals surface area (Å²) in [6.07, 6.45) is 6.35. The first kappa shape index (κ1) is 16.5. The van der Waals surface area contributed by atoms with E-state index < -0.39 is 5.63 Å². The zero-order valence-electron chi connectivity index (χ0n) is 13.6. The third-order valence-corrected chi connectivity index (χ3v) is 4.72. The number of ether oxygens (including phenoxy) is 1. The van der Waals surface area contributed by atoms with Crippen molar-refractivity contribution in [2.45, 2.75) is 38.8 Å². The van der Waals surface area contributed by atoms with Crippen LogP contribution >= 0.6 is 0 Å². The average Bonchev–Trinajstić information content (AvgIpc) is 2.84. The Labute approximate surface area is 136 Å². The maximum Gasteiger partial charge on any atom is 0.343 e. The van der Waals surface area contributed by atoms with Gasteiger partial charge in [0.2, 0.25) is 0 Å². The standard InChI is InChI=1S/C17H26N2O4/c20-16-14(11-18-5-3-1-2-4-6-18)13-23-17(21)15(16)12-19-7-9-22-10-8-19/h13,20H,1-12H2. The van der Waals surface area contributed by atoms with Crippen LogP contribution in [0.15, 0.2) is 15.5 Å². The lowest BCUT2D eigenvalue weighted by Crippen LogP contribution is -2.37. The molecular formula is C17H26N2O4. The molecule has 0 aliphatic carbocycles. The fourth-order valence-corrected chi connectivity index (χ4v) is 3.31. The lowest BCUT2D eigenvalue weighted by molar-refractivity contribution is 0.0333. The van der Waals surface area contributed by atoms with Gasteiger partial charge in [-0.05, 0) is 25.9 Å². The van der Waals surface area contributed by atoms with Gasteiger partial charge in [0.05, 0.1) is 18.8 Å². The Bertz CT molecular complexity index is 558. The smallest absolute Gasteiger partial charge is 0.343 e. The molecule has 0 radical (unpaired) electrons. The summed E-state index contributed by atoms with van der Waals surface area (Å²) in [6, 6.07) is 0. The first-order valence-electron chi connectivity index (χ1n) is 8.59. The quantitative estimate of drug-likeness (QED) is 0.907. The van der Waals surface area contributed by atoms with Gasteiger partial charge in [-0.15, -0.1) is 0 Å². The van der Waals surface area contributed by atoms with E-state index >= 15 is 0 Å². The van der Waals surface area contributed by atoms with E-state index in [0.29, 0.717) is 31.9 Å². The van der Waals surface area contributed by atoms with Crippen LogP contribution in [0.1, 0.15) is 36.8 Å². The molecule has 2 saturated heterocycles. The second-order valence-corrected chi connectivity index (χ2v) is 6.45. The van der Waals surface area contributed by atoms with Gasteiger partial charge < -0.3 is 14.3 Å². The Morgan fingerprint density at radius 2 is 1.61 bits per heavy atom. The molecule has 3 heterocycles. The van der Waals surface area contributed by atoms with Crippen LogP contribution in [-0.2, 0) is 17.8 Å². The largest absolute Gasteiger partial charge is 0.507 e. The van der Waals surface area contributed by atoms with Gasteiger partial charge in [0.15, 0.2) is 0 Å². The molecule has 0 amide bonds. The zero-order valence-corrected chi connectivity index (χ0v) is 13.6. The molecule has 0 atom stereocenters. The van der Waals surface area contributed by atoms with E-state index in [9.17, 15) is 9.90 Å². The number of aromatic hydroxyl groups is 1. The molecule has 1 aromatic heterocycles. The van der Waals surface area contributed by atoms with Crippen LogP contribution in [0.2, 0.25) is 0 Å². The molecule has 0 unspecified atom stereocenters. The molecule has 2 fully saturated rings. The van der Waals surface area contributed by atoms with Crippen molar-refractivity contribution in [2.24, 2.45) is 0 Å². The molecule has 2 aliphatic heterocycles. The van der Waals surface area contributed by atoms with Crippen LogP contribution in [0, 0.1) is 0 Å². The minimum atomic E-state index is -0.436. The predicted octanol–water partition coefficient (Wildman–Crippen LogP) is 1.55. The number of nitrogens with zero attached hydrogens (tertiary/aromatic N) is 2. The highest BCUT2D eigenvalue weighted by Gasteiger charge is 2.20. The molecule has 0 spiro atoms. The van der Waals surface area contributed by atoms with E-state index in [1.165, 1.54) is 31.9 Å². The normalized spacial score (nSPS) is 21.2. The highest BCUT2D eigenvalue weighted by Crippen LogP contribution is 2.24. The van der Waals surface area contributed by atoms with Gasteiger partial charge in [-0.3, -0.25) is 9.80 Å². The van der Waals surface area contributed by atoms with E-state index in [2.05, 4.69) is 9.80 Å². The summed E-state index contributed by atoms with van der Waals surface area (Å²) < 4.78 is 10.5. The van der Waals surface area contributed by atoms with Crippen LogP contribution < -0.4 is 5.63 Å². The van der Waals surface area contributed by atoms with Crippen molar-refractivity contribution in [3.63, 3.8) is 0 Å². The second-order valence-electron chi connectivity index (χ2n) is 6.45. The van der Waals surface area contributed by atoms with E-state index in [4.69, 9.17) is 9.15 Å². The molecule has 1 N–H and O–H groups in total. The van der Waals surface area contributed by atoms with Crippen LogP contribution in [-0.4, -0.2) is 54.3 Å². The Morgan fingerprint density at radius 1 is 0.957 bits per heavy atom. The predicted molar refractivity (Wildman–Crippen MR) is 86.5 cm³/mol. The zero-order chi connectivity index (χ0) is 16.1. The minimum Gasteiger partial charge on any atom is -0.507 e. The lowest BCUT2D eigenvalue weighted by Gasteiger charge is -2.26. The monoisotopic (exact) mass is 322 g/mol. The van der Waals surface area contributed by atoms with Crippen molar-refractivity contribution in [2.75, 3.05) is 39.4 Å². The Kier molecular flexibility index (Phi) is 5.70. The number of morpholine rings is 1. The Morgan fingerprint density at radius 3 is 2.30 bits per heavy atom. The van der Waals surface area contributed by atoms with Crippen molar-refractivity contribution in [1.29, 1.82) is 0 Å². The topological polar surface area (TPSA) is 66.2 Å². The third kappa shape index (κ3) is 4.34. The van der Waals surface area contributed by atoms with E-state index in [1.54, 1.807) is 0 Å². The summed E-state index contributed by atoms with van der Waals surface area (Å²) in [5, 5.41) is 10.6. The first-order chi connectivity index (χ1) is 11.2. The highest BCUT2D eigenvalue weighted by atomic mass is 16.5. The van der Waals surface area contributed by atoms with Crippen molar-refractivity contribution >= 4 is 0 Å². The van der Waals surface area contributed by atoms with Gasteiger partial charge >= 0.3 is 5.63 Å². The number of rotatable bonds is 4. The van der Waals surface area contributed by atoms with Gasteiger partial charge in [0.1, 0.15) is 12.0 Å². The summed E-state index contributed by atoms with van der Waals surface area (Å²) in [5.41, 5.74) is 0.655. The molecule has 23 heavy (non-hydrogen) atoms. The SMILES string of the molecule is O=c1occ(CN2CCCCCC2)c(O)c1CN1CCOCC1. The number of hydrogen-bond acceptors (Lipinski definition) is 6. The fraction of sp³-hybridized carbons (Fsp3) is 0.706. The Hall–Kier alpha value is -1.37. The molecular weight excluding hydrogens is 296 g/mol. The molecule has 3 rings (SSSR count). The molecule has 6 nitrogen and oxygen atoms in total. The van der Waals surface area contributed by atoms with Crippen LogP contribution in [0.4, 0.5) is 0 Å². The molecule has 0 saturated carbocycles. The first-order valence-corrected chi connectivity index (χ1v) is 8.59. The van der Waals surface area contributed by atoms with E-state index in [0.717, 1.165) is 31.7 Å². The van der Waals surface area contributed by atoms with Gasteiger partial charge in [-0.25, -0.2) is 4.79 Å². The second kappa shape index (κ2) is 7.95. The summed E-state index contributed by atoms with van der Waals surface area (Å²) in [6.45, 7) is 6.02. The molecule has 0 bridgehead atoms. The van der Waals surface area contributed by atoms with E-state index in [-0.39, 0.29) is 5.75 Å². The van der Waals surface area contributed by atoms with Gasteiger partial charge in [0.25, 0.3) is 0 Å². The van der Waals surface area contributed by atoms with Crippen LogP contribution in [0.3, 0.4) is 0 Å². The average molecular weight is 322 g/mol. The highest BCUT2D eigenvalue weighted by molar-refractivity contribution is 5.36. The third-order valence-electron chi connectivity index (χ3n) is 4.72. The van der Waals surface area contributed by atoms with Crippen LogP contribution in [0.25, 0.3) is 0 Å². The summed E-state index contributed by atoms with van der Waals surface area (Å²) in [7, 11) is 0. The van der Waals surface area contributed by atoms with Gasteiger partial charge in [-0.1, -0.05) is 12.8 Å². The van der Waals surface area contributed by atoms with Gasteiger partial charge in [0, 0.05) is 31.7 Å². The van der Waals surface area contributed by atoms with E-state index in [1.807, 2.05) is 0 Å². The maximum atomic E-state index is 12.0. The summed E-state index contributed by atoms with van der Waals surface area (Å²) >= 11 is 0. The minimum absolute atomic E-state index is 0.108. The summed E-state index contributed by atoms with van der Waals surface area (Å²) in [5.74, 6) is 0.108. The van der Waals surface area contributed by atoms with Crippen molar-refractivity contribution in [3.05, 3.63) is 27.8 Å². The van der Waals surface area contributed by atoms with Crippen molar-refractivity contribution < 1.29 is 14.3 Å². The lowest BCUT2D eigenvalue weighted by atomic mass is 10.1. The number of hydrogen-bond donors (Lipinski definition) is 1. The maximum absolute atomic E-state index is 12.0. The van der Waals surface area contributed by atoms with Crippen LogP contribution in [0.5, 0.6) is 5.75 Å². The number of likely N-dealkylation sites (tertiary alicyclic amines) is 1. The summed E-state index contributed by atoms with van der Waals surface area (Å²) in [4.78, 5) is 16.5. The molecule has 0 aromatic carbocycles.